The van der Waals surface area contributed by atoms with Gasteiger partial charge in [0.05, 0.1) is 17.9 Å². The molecule has 0 spiro atoms. The first-order chi connectivity index (χ1) is 7.49. The van der Waals surface area contributed by atoms with Crippen LogP contribution in [0.15, 0.2) is 18.2 Å². The van der Waals surface area contributed by atoms with E-state index < -0.39 is 0 Å². The Labute approximate surface area is 96.4 Å². The van der Waals surface area contributed by atoms with Crippen LogP contribution in [-0.4, -0.2) is 23.9 Å². The van der Waals surface area contributed by atoms with Gasteiger partial charge in [0.25, 0.3) is 0 Å². The van der Waals surface area contributed by atoms with Crippen LogP contribution < -0.4 is 15.8 Å². The minimum Gasteiger partial charge on any atom is -0.489 e. The number of ether oxygens (including phenoxy) is 1. The molecule has 0 saturated heterocycles. The number of nitrogen functional groups attached to an aromatic ring is 1. The molecule has 0 saturated carbocycles. The van der Waals surface area contributed by atoms with Crippen LogP contribution in [0.5, 0.6) is 5.75 Å². The van der Waals surface area contributed by atoms with Crippen molar-refractivity contribution in [1.29, 1.82) is 0 Å². The molecule has 0 aromatic heterocycles. The molecule has 0 bridgehead atoms. The van der Waals surface area contributed by atoms with Crippen LogP contribution >= 0.6 is 0 Å². The van der Waals surface area contributed by atoms with Crippen molar-refractivity contribution >= 4 is 11.4 Å². The lowest BCUT2D eigenvalue weighted by molar-refractivity contribution is 0.208. The van der Waals surface area contributed by atoms with Crippen LogP contribution in [-0.2, 0) is 0 Å². The average molecular weight is 224 g/mol. The SMILES string of the molecule is CC(O)CNc1ccc(N)c(OC(C)C)c1. The molecular formula is C12H20N2O2. The summed E-state index contributed by atoms with van der Waals surface area (Å²) in [4.78, 5) is 0. The van der Waals surface area contributed by atoms with Crippen molar-refractivity contribution in [3.63, 3.8) is 0 Å². The van der Waals surface area contributed by atoms with Gasteiger partial charge in [-0.3, -0.25) is 0 Å². The molecule has 1 atom stereocenters. The number of nitrogens with one attached hydrogen (secondary N) is 1. The van der Waals surface area contributed by atoms with E-state index in [2.05, 4.69) is 5.32 Å². The number of aliphatic hydroxyl groups excluding tert-OH is 1. The largest absolute Gasteiger partial charge is 0.489 e. The van der Waals surface area contributed by atoms with Gasteiger partial charge < -0.3 is 20.9 Å². The molecular weight excluding hydrogens is 204 g/mol. The molecule has 0 heterocycles. The maximum absolute atomic E-state index is 9.16. The second-order valence-electron chi connectivity index (χ2n) is 4.15. The number of hydrogen-bond acceptors (Lipinski definition) is 4. The Morgan fingerprint density at radius 3 is 2.62 bits per heavy atom. The van der Waals surface area contributed by atoms with Crippen molar-refractivity contribution in [3.05, 3.63) is 18.2 Å². The van der Waals surface area contributed by atoms with Crippen LogP contribution in [0, 0.1) is 0 Å². The Morgan fingerprint density at radius 2 is 2.06 bits per heavy atom. The van der Waals surface area contributed by atoms with E-state index in [0.29, 0.717) is 18.0 Å². The number of aliphatic hydroxyl groups is 1. The molecule has 16 heavy (non-hydrogen) atoms. The molecule has 0 amide bonds. The first-order valence-electron chi connectivity index (χ1n) is 5.47. The van der Waals surface area contributed by atoms with Gasteiger partial charge in [0.2, 0.25) is 0 Å². The average Bonchev–Trinajstić information content (AvgIpc) is 2.18. The summed E-state index contributed by atoms with van der Waals surface area (Å²) in [5, 5.41) is 12.3. The number of hydrogen-bond donors (Lipinski definition) is 3. The Balaban J connectivity index is 2.73. The van der Waals surface area contributed by atoms with Crippen LogP contribution in [0.1, 0.15) is 20.8 Å². The highest BCUT2D eigenvalue weighted by Gasteiger charge is 2.04. The lowest BCUT2D eigenvalue weighted by Crippen LogP contribution is -2.15. The molecule has 1 aromatic rings. The standard InChI is InChI=1S/C12H20N2O2/c1-8(2)16-12-6-10(4-5-11(12)13)14-7-9(3)15/h4-6,8-9,14-15H,7,13H2,1-3H3. The fourth-order valence-corrected chi connectivity index (χ4v) is 1.27. The molecule has 4 N–H and O–H groups in total. The van der Waals surface area contributed by atoms with Gasteiger partial charge in [-0.25, -0.2) is 0 Å². The van der Waals surface area contributed by atoms with Crippen LogP contribution in [0.4, 0.5) is 11.4 Å². The fourth-order valence-electron chi connectivity index (χ4n) is 1.27. The van der Waals surface area contributed by atoms with E-state index in [-0.39, 0.29) is 12.2 Å². The topological polar surface area (TPSA) is 67.5 Å². The monoisotopic (exact) mass is 224 g/mol. The van der Waals surface area contributed by atoms with E-state index in [4.69, 9.17) is 15.6 Å². The first kappa shape index (κ1) is 12.6. The number of rotatable bonds is 5. The Bertz CT molecular complexity index is 338. The molecule has 0 aliphatic rings. The summed E-state index contributed by atoms with van der Waals surface area (Å²) in [7, 11) is 0. The zero-order chi connectivity index (χ0) is 12.1. The third kappa shape index (κ3) is 3.98. The van der Waals surface area contributed by atoms with E-state index in [1.54, 1.807) is 13.0 Å². The molecule has 0 fully saturated rings. The van der Waals surface area contributed by atoms with E-state index in [0.717, 1.165) is 5.69 Å². The summed E-state index contributed by atoms with van der Waals surface area (Å²) in [5.41, 5.74) is 7.31. The lowest BCUT2D eigenvalue weighted by atomic mass is 10.2. The second kappa shape index (κ2) is 5.61. The molecule has 0 aliphatic heterocycles. The summed E-state index contributed by atoms with van der Waals surface area (Å²) in [5.74, 6) is 0.672. The van der Waals surface area contributed by atoms with Crippen LogP contribution in [0.3, 0.4) is 0 Å². The Kier molecular flexibility index (Phi) is 4.43. The van der Waals surface area contributed by atoms with Gasteiger partial charge in [0, 0.05) is 18.3 Å². The molecule has 90 valence electrons. The summed E-state index contributed by atoms with van der Waals surface area (Å²) >= 11 is 0. The quantitative estimate of drug-likeness (QED) is 0.668. The number of benzene rings is 1. The summed E-state index contributed by atoms with van der Waals surface area (Å²) in [6, 6.07) is 5.50. The van der Waals surface area contributed by atoms with Crippen LogP contribution in [0.25, 0.3) is 0 Å². The lowest BCUT2D eigenvalue weighted by Gasteiger charge is -2.14. The molecule has 1 unspecified atom stereocenters. The normalized spacial score (nSPS) is 12.6. The molecule has 0 aliphatic carbocycles. The summed E-state index contributed by atoms with van der Waals surface area (Å²) < 4.78 is 5.56. The highest BCUT2D eigenvalue weighted by atomic mass is 16.5. The van der Waals surface area contributed by atoms with Crippen molar-refractivity contribution in [1.82, 2.24) is 0 Å². The second-order valence-corrected chi connectivity index (χ2v) is 4.15. The van der Waals surface area contributed by atoms with E-state index >= 15 is 0 Å². The predicted molar refractivity (Wildman–Crippen MR) is 66.8 cm³/mol. The van der Waals surface area contributed by atoms with Gasteiger partial charge in [0.1, 0.15) is 5.75 Å². The predicted octanol–water partition coefficient (Wildman–Crippen LogP) is 1.85. The Hall–Kier alpha value is -1.42. The van der Waals surface area contributed by atoms with Crippen molar-refractivity contribution in [3.8, 4) is 5.75 Å². The number of anilines is 2. The van der Waals surface area contributed by atoms with Gasteiger partial charge in [-0.15, -0.1) is 0 Å². The Morgan fingerprint density at radius 1 is 1.38 bits per heavy atom. The molecule has 1 aromatic carbocycles. The molecule has 0 radical (unpaired) electrons. The smallest absolute Gasteiger partial charge is 0.144 e. The van der Waals surface area contributed by atoms with Crippen LogP contribution in [0.2, 0.25) is 0 Å². The van der Waals surface area contributed by atoms with Gasteiger partial charge in [0.15, 0.2) is 0 Å². The zero-order valence-electron chi connectivity index (χ0n) is 10.0. The number of nitrogens with two attached hydrogens (primary N) is 1. The molecule has 4 heteroatoms. The van der Waals surface area contributed by atoms with Gasteiger partial charge in [-0.1, -0.05) is 0 Å². The van der Waals surface area contributed by atoms with E-state index in [1.807, 2.05) is 26.0 Å². The summed E-state index contributed by atoms with van der Waals surface area (Å²) in [6.07, 6.45) is -0.290. The van der Waals surface area contributed by atoms with Crippen molar-refractivity contribution in [2.75, 3.05) is 17.6 Å². The third-order valence-electron chi connectivity index (χ3n) is 1.98. The first-order valence-corrected chi connectivity index (χ1v) is 5.47. The highest BCUT2D eigenvalue weighted by Crippen LogP contribution is 2.26. The van der Waals surface area contributed by atoms with Crippen molar-refractivity contribution < 1.29 is 9.84 Å². The zero-order valence-corrected chi connectivity index (χ0v) is 10.0. The minimum absolute atomic E-state index is 0.0920. The maximum Gasteiger partial charge on any atom is 0.144 e. The van der Waals surface area contributed by atoms with Crippen molar-refractivity contribution in [2.24, 2.45) is 0 Å². The third-order valence-corrected chi connectivity index (χ3v) is 1.98. The fraction of sp³-hybridized carbons (Fsp3) is 0.500. The molecule has 1 rings (SSSR count). The van der Waals surface area contributed by atoms with E-state index in [1.165, 1.54) is 0 Å². The maximum atomic E-state index is 9.16. The van der Waals surface area contributed by atoms with Gasteiger partial charge in [-0.05, 0) is 32.9 Å². The van der Waals surface area contributed by atoms with E-state index in [9.17, 15) is 0 Å². The summed E-state index contributed by atoms with van der Waals surface area (Å²) in [6.45, 7) is 6.14. The minimum atomic E-state index is -0.382. The van der Waals surface area contributed by atoms with Gasteiger partial charge in [-0.2, -0.15) is 0 Å². The highest BCUT2D eigenvalue weighted by molar-refractivity contribution is 5.61. The van der Waals surface area contributed by atoms with Gasteiger partial charge >= 0.3 is 0 Å². The van der Waals surface area contributed by atoms with Crippen molar-refractivity contribution in [2.45, 2.75) is 33.0 Å². The molecule has 4 nitrogen and oxygen atoms in total.